The molecule has 1 aliphatic rings. The number of β-amino-alcohol motifs (C(OH)–C–C–N with tert-alkyl or cyclic N) is 1. The minimum absolute atomic E-state index is 0. The van der Waals surface area contributed by atoms with Crippen LogP contribution in [0.15, 0.2) is 28.8 Å². The Hall–Kier alpha value is -1.14. The summed E-state index contributed by atoms with van der Waals surface area (Å²) in [6.07, 6.45) is 0.801. The summed E-state index contributed by atoms with van der Waals surface area (Å²) in [6, 6.07) is 7.54. The van der Waals surface area contributed by atoms with E-state index < -0.39 is 0 Å². The summed E-state index contributed by atoms with van der Waals surface area (Å²) in [5, 5.41) is 17.3. The number of benzene rings is 1. The van der Waals surface area contributed by atoms with Crippen molar-refractivity contribution in [1.29, 1.82) is 0 Å². The average molecular weight is 316 g/mol. The van der Waals surface area contributed by atoms with Crippen molar-refractivity contribution in [3.8, 4) is 0 Å². The van der Waals surface area contributed by atoms with E-state index in [-0.39, 0.29) is 24.6 Å². The van der Waals surface area contributed by atoms with Crippen molar-refractivity contribution in [2.75, 3.05) is 6.54 Å². The Morgan fingerprint density at radius 1 is 1.40 bits per heavy atom. The molecule has 0 spiro atoms. The molecule has 5 nitrogen and oxygen atoms in total. The zero-order valence-electron chi connectivity index (χ0n) is 10.6. The monoisotopic (exact) mass is 315 g/mol. The maximum Gasteiger partial charge on any atom is 0.243 e. The first kappa shape index (κ1) is 15.3. The second-order valence-corrected chi connectivity index (χ2v) is 5.07. The smallest absolute Gasteiger partial charge is 0.243 e. The van der Waals surface area contributed by atoms with Crippen molar-refractivity contribution in [2.24, 2.45) is 0 Å². The molecule has 1 aromatic carbocycles. The molecule has 2 aromatic rings. The van der Waals surface area contributed by atoms with Crippen molar-refractivity contribution < 1.29 is 9.63 Å². The molecular formula is C13H15Cl2N3O2. The third-order valence-electron chi connectivity index (χ3n) is 3.20. The number of aromatic nitrogens is 2. The molecule has 7 heteroatoms. The lowest BCUT2D eigenvalue weighted by Gasteiger charge is -2.01. The van der Waals surface area contributed by atoms with Gasteiger partial charge >= 0.3 is 0 Å². The number of aliphatic hydroxyl groups is 1. The Morgan fingerprint density at radius 3 is 2.90 bits per heavy atom. The van der Waals surface area contributed by atoms with E-state index in [4.69, 9.17) is 16.1 Å². The van der Waals surface area contributed by atoms with Gasteiger partial charge in [-0.1, -0.05) is 35.0 Å². The van der Waals surface area contributed by atoms with Crippen LogP contribution >= 0.6 is 24.0 Å². The number of nitrogens with one attached hydrogen (secondary N) is 1. The highest BCUT2D eigenvalue weighted by Crippen LogP contribution is 2.23. The highest BCUT2D eigenvalue weighted by molar-refractivity contribution is 6.31. The van der Waals surface area contributed by atoms with Crippen LogP contribution in [0.4, 0.5) is 0 Å². The summed E-state index contributed by atoms with van der Waals surface area (Å²) in [7, 11) is 0. The molecule has 0 aliphatic carbocycles. The van der Waals surface area contributed by atoms with Gasteiger partial charge in [0.15, 0.2) is 5.82 Å². The summed E-state index contributed by atoms with van der Waals surface area (Å²) < 4.78 is 5.23. The van der Waals surface area contributed by atoms with E-state index in [1.165, 1.54) is 0 Å². The lowest BCUT2D eigenvalue weighted by Crippen LogP contribution is -2.15. The Kier molecular flexibility index (Phi) is 4.99. The lowest BCUT2D eigenvalue weighted by atomic mass is 10.1. The van der Waals surface area contributed by atoms with Crippen molar-refractivity contribution in [3.05, 3.63) is 46.6 Å². The minimum atomic E-state index is -0.344. The number of hydrogen-bond donors (Lipinski definition) is 2. The van der Waals surface area contributed by atoms with E-state index in [0.717, 1.165) is 5.56 Å². The van der Waals surface area contributed by atoms with E-state index >= 15 is 0 Å². The molecule has 0 amide bonds. The maximum absolute atomic E-state index is 9.47. The van der Waals surface area contributed by atoms with Crippen LogP contribution in [0.1, 0.15) is 29.7 Å². The van der Waals surface area contributed by atoms with Gasteiger partial charge in [-0.15, -0.1) is 12.4 Å². The third-order valence-corrected chi connectivity index (χ3v) is 3.56. The highest BCUT2D eigenvalue weighted by atomic mass is 35.5. The Bertz CT molecular complexity index is 576. The number of rotatable bonds is 3. The summed E-state index contributed by atoms with van der Waals surface area (Å²) in [5.74, 6) is 1.13. The van der Waals surface area contributed by atoms with Crippen molar-refractivity contribution >= 4 is 24.0 Å². The van der Waals surface area contributed by atoms with Crippen LogP contribution in [0, 0.1) is 0 Å². The second-order valence-electron chi connectivity index (χ2n) is 4.67. The predicted octanol–water partition coefficient (Wildman–Crippen LogP) is 2.13. The van der Waals surface area contributed by atoms with Gasteiger partial charge in [0.25, 0.3) is 0 Å². The van der Waals surface area contributed by atoms with Crippen LogP contribution < -0.4 is 5.32 Å². The molecule has 2 heterocycles. The largest absolute Gasteiger partial charge is 0.392 e. The molecule has 2 N–H and O–H groups in total. The second kappa shape index (κ2) is 6.54. The molecule has 1 aromatic heterocycles. The van der Waals surface area contributed by atoms with Crippen LogP contribution in [0.25, 0.3) is 0 Å². The first-order valence-corrected chi connectivity index (χ1v) is 6.57. The van der Waals surface area contributed by atoms with Crippen molar-refractivity contribution in [3.63, 3.8) is 0 Å². The van der Waals surface area contributed by atoms with Gasteiger partial charge in [-0.25, -0.2) is 0 Å². The van der Waals surface area contributed by atoms with Crippen molar-refractivity contribution in [2.45, 2.75) is 25.0 Å². The van der Waals surface area contributed by atoms with Gasteiger partial charge in [-0.2, -0.15) is 4.98 Å². The van der Waals surface area contributed by atoms with Gasteiger partial charge in [-0.05, 0) is 18.1 Å². The number of nitrogens with zero attached hydrogens (tertiary/aromatic N) is 2. The fourth-order valence-electron chi connectivity index (χ4n) is 2.20. The molecule has 0 unspecified atom stereocenters. The van der Waals surface area contributed by atoms with Gasteiger partial charge in [0.05, 0.1) is 12.1 Å². The summed E-state index contributed by atoms with van der Waals surface area (Å²) in [4.78, 5) is 4.35. The first-order valence-electron chi connectivity index (χ1n) is 6.19. The number of hydrogen-bond acceptors (Lipinski definition) is 5. The Morgan fingerprint density at radius 2 is 2.20 bits per heavy atom. The SMILES string of the molecule is Cl.O[C@H]1CN[C@@H](c2nc(Cc3ccccc3Cl)no2)C1. The van der Waals surface area contributed by atoms with Gasteiger partial charge in [0.1, 0.15) is 0 Å². The summed E-state index contributed by atoms with van der Waals surface area (Å²) in [6.45, 7) is 0.562. The standard InChI is InChI=1S/C13H14ClN3O2.ClH/c14-10-4-2-1-3-8(10)5-12-16-13(19-17-12)11-6-9(18)7-15-11;/h1-4,9,11,15,18H,5-7H2;1H/t9-,11-;/m1./s1. The van der Waals surface area contributed by atoms with Gasteiger partial charge in [0.2, 0.25) is 5.89 Å². The zero-order valence-corrected chi connectivity index (χ0v) is 12.2. The molecule has 20 heavy (non-hydrogen) atoms. The molecule has 2 atom stereocenters. The number of aliphatic hydroxyl groups excluding tert-OH is 1. The molecule has 1 aliphatic heterocycles. The zero-order chi connectivity index (χ0) is 13.2. The highest BCUT2D eigenvalue weighted by Gasteiger charge is 2.28. The van der Waals surface area contributed by atoms with E-state index in [1.807, 2.05) is 24.3 Å². The van der Waals surface area contributed by atoms with E-state index in [0.29, 0.717) is 36.1 Å². The molecule has 0 radical (unpaired) electrons. The molecule has 108 valence electrons. The molecule has 1 saturated heterocycles. The summed E-state index contributed by atoms with van der Waals surface area (Å²) in [5.41, 5.74) is 0.968. The van der Waals surface area contributed by atoms with Gasteiger partial charge < -0.3 is 14.9 Å². The van der Waals surface area contributed by atoms with Crippen molar-refractivity contribution in [1.82, 2.24) is 15.5 Å². The topological polar surface area (TPSA) is 71.2 Å². The molecule has 0 bridgehead atoms. The normalized spacial score (nSPS) is 21.7. The molecule has 3 rings (SSSR count). The maximum atomic E-state index is 9.47. The lowest BCUT2D eigenvalue weighted by molar-refractivity contribution is 0.191. The Labute approximate surface area is 127 Å². The van der Waals surface area contributed by atoms with E-state index in [2.05, 4.69) is 15.5 Å². The fraction of sp³-hybridized carbons (Fsp3) is 0.385. The van der Waals surface area contributed by atoms with Crippen LogP contribution in [-0.2, 0) is 6.42 Å². The number of halogens is 2. The summed E-state index contributed by atoms with van der Waals surface area (Å²) >= 11 is 6.10. The minimum Gasteiger partial charge on any atom is -0.392 e. The van der Waals surface area contributed by atoms with Gasteiger partial charge in [0, 0.05) is 18.0 Å². The molecule has 1 fully saturated rings. The first-order chi connectivity index (χ1) is 9.22. The average Bonchev–Trinajstić information content (AvgIpc) is 3.01. The Balaban J connectivity index is 0.00000147. The van der Waals surface area contributed by atoms with Crippen LogP contribution in [-0.4, -0.2) is 27.9 Å². The quantitative estimate of drug-likeness (QED) is 0.908. The molecule has 0 saturated carbocycles. The van der Waals surface area contributed by atoms with Gasteiger partial charge in [-0.3, -0.25) is 0 Å². The van der Waals surface area contributed by atoms with Crippen LogP contribution in [0.5, 0.6) is 0 Å². The fourth-order valence-corrected chi connectivity index (χ4v) is 2.40. The third kappa shape index (κ3) is 3.30. The van der Waals surface area contributed by atoms with E-state index in [1.54, 1.807) is 0 Å². The van der Waals surface area contributed by atoms with Crippen LogP contribution in [0.2, 0.25) is 5.02 Å². The van der Waals surface area contributed by atoms with Crippen LogP contribution in [0.3, 0.4) is 0 Å². The predicted molar refractivity (Wildman–Crippen MR) is 77.2 cm³/mol. The molecular weight excluding hydrogens is 301 g/mol. The van der Waals surface area contributed by atoms with E-state index in [9.17, 15) is 5.11 Å².